The molecule has 0 saturated heterocycles. The van der Waals surface area contributed by atoms with Gasteiger partial charge in [-0.05, 0) is 57.6 Å². The zero-order valence-corrected chi connectivity index (χ0v) is 19.1. The third kappa shape index (κ3) is 3.79. The van der Waals surface area contributed by atoms with Gasteiger partial charge in [-0.2, -0.15) is 0 Å². The second-order valence-corrected chi connectivity index (χ2v) is 9.75. The number of aromatic nitrogens is 1. The number of hydrogen-bond acceptors (Lipinski definition) is 6. The lowest BCUT2D eigenvalue weighted by molar-refractivity contribution is -0.0145. The molecule has 4 rings (SSSR count). The predicted molar refractivity (Wildman–Crippen MR) is 120 cm³/mol. The second-order valence-electron chi connectivity index (χ2n) is 9.75. The molecule has 0 spiro atoms. The van der Waals surface area contributed by atoms with Gasteiger partial charge in [-0.1, -0.05) is 13.3 Å². The van der Waals surface area contributed by atoms with E-state index in [1.807, 2.05) is 0 Å². The average molecular weight is 441 g/mol. The van der Waals surface area contributed by atoms with Crippen LogP contribution in [0.2, 0.25) is 0 Å². The fourth-order valence-electron chi connectivity index (χ4n) is 5.39. The summed E-state index contributed by atoms with van der Waals surface area (Å²) < 4.78 is 6.27. The maximum atomic E-state index is 13.0. The topological polar surface area (TPSA) is 112 Å². The van der Waals surface area contributed by atoms with Crippen LogP contribution < -0.4 is 10.1 Å². The van der Waals surface area contributed by atoms with Crippen LogP contribution in [0.15, 0.2) is 18.3 Å². The van der Waals surface area contributed by atoms with Gasteiger partial charge >= 0.3 is 0 Å². The quantitative estimate of drug-likeness (QED) is 0.573. The molecule has 32 heavy (non-hydrogen) atoms. The van der Waals surface area contributed by atoms with Crippen LogP contribution in [-0.2, 0) is 13.2 Å². The highest BCUT2D eigenvalue weighted by Gasteiger charge is 2.47. The van der Waals surface area contributed by atoms with E-state index in [1.165, 1.54) is 6.20 Å². The first-order chi connectivity index (χ1) is 15.1. The lowest BCUT2D eigenvalue weighted by Gasteiger charge is -2.48. The Kier molecular flexibility index (Phi) is 5.79. The van der Waals surface area contributed by atoms with Crippen LogP contribution in [0.1, 0.15) is 78.7 Å². The van der Waals surface area contributed by atoms with Gasteiger partial charge in [0.25, 0.3) is 5.91 Å². The number of benzene rings is 1. The molecule has 1 aromatic carbocycles. The number of phenolic OH excluding ortho intramolecular Hbond substituents is 1. The Morgan fingerprint density at radius 1 is 1.25 bits per heavy atom. The molecule has 2 heterocycles. The van der Waals surface area contributed by atoms with Crippen molar-refractivity contribution in [3.8, 4) is 17.2 Å². The summed E-state index contributed by atoms with van der Waals surface area (Å²) in [5, 5.41) is 33.8. The van der Waals surface area contributed by atoms with Gasteiger partial charge in [0, 0.05) is 35.3 Å². The molecule has 0 radical (unpaired) electrons. The van der Waals surface area contributed by atoms with Crippen molar-refractivity contribution in [2.75, 3.05) is 0 Å². The van der Waals surface area contributed by atoms with Crippen LogP contribution >= 0.6 is 0 Å². The van der Waals surface area contributed by atoms with Crippen molar-refractivity contribution >= 4 is 5.91 Å². The average Bonchev–Trinajstić information content (AvgIpc) is 2.74. The summed E-state index contributed by atoms with van der Waals surface area (Å²) in [5.74, 6) is 1.07. The molecule has 172 valence electrons. The van der Waals surface area contributed by atoms with Gasteiger partial charge in [-0.15, -0.1) is 0 Å². The number of aliphatic hydroxyl groups excluding tert-OH is 1. The minimum absolute atomic E-state index is 0.00701. The smallest absolute Gasteiger partial charge is 0.255 e. The van der Waals surface area contributed by atoms with E-state index in [0.717, 1.165) is 24.8 Å². The second kappa shape index (κ2) is 8.28. The normalized spacial score (nSPS) is 23.6. The minimum Gasteiger partial charge on any atom is -0.507 e. The van der Waals surface area contributed by atoms with E-state index in [0.29, 0.717) is 28.5 Å². The number of carbonyl (C=O) groups excluding carboxylic acids is 1. The minimum atomic E-state index is -0.451. The van der Waals surface area contributed by atoms with Crippen LogP contribution in [0.25, 0.3) is 0 Å². The number of aliphatic hydroxyl groups is 1. The van der Waals surface area contributed by atoms with Gasteiger partial charge in [0.15, 0.2) is 0 Å². The van der Waals surface area contributed by atoms with Gasteiger partial charge in [-0.25, -0.2) is 0 Å². The number of rotatable bonds is 4. The molecular weight excluding hydrogens is 408 g/mol. The SMILES string of the molecule is Cc1ncc(CO)c(CNC(=O)c2ccc3c(c2O)[C@@H]2C[C@H](C)CC[C@H]2C(C)(C)O3)c1O. The molecule has 7 nitrogen and oxygen atoms in total. The largest absolute Gasteiger partial charge is 0.507 e. The fraction of sp³-hybridized carbons (Fsp3) is 0.520. The molecule has 1 aliphatic carbocycles. The van der Waals surface area contributed by atoms with Gasteiger partial charge in [0.2, 0.25) is 0 Å². The van der Waals surface area contributed by atoms with E-state index in [4.69, 9.17) is 4.74 Å². The summed E-state index contributed by atoms with van der Waals surface area (Å²) in [5.41, 5.74) is 1.85. The van der Waals surface area contributed by atoms with Gasteiger partial charge in [0.05, 0.1) is 17.9 Å². The van der Waals surface area contributed by atoms with Crippen molar-refractivity contribution in [3.05, 3.63) is 46.3 Å². The Hall–Kier alpha value is -2.80. The van der Waals surface area contributed by atoms with Crippen molar-refractivity contribution < 1.29 is 24.9 Å². The molecule has 1 aromatic heterocycles. The number of aryl methyl sites for hydroxylation is 1. The maximum Gasteiger partial charge on any atom is 0.255 e. The number of nitrogens with zero attached hydrogens (tertiary/aromatic N) is 1. The molecule has 7 heteroatoms. The molecule has 2 aromatic rings. The van der Waals surface area contributed by atoms with Crippen molar-refractivity contribution in [2.45, 2.75) is 71.6 Å². The standard InChI is InChI=1S/C25H32N2O5/c1-13-5-7-19-17(9-13)21-20(32-25(19,3)4)8-6-16(23(21)30)24(31)27-11-18-15(12-28)10-26-14(2)22(18)29/h6,8,10,13,17,19,28-30H,5,7,9,11-12H2,1-4H3,(H,27,31)/t13-,17-,19-/m1/s1. The molecular formula is C25H32N2O5. The number of aromatic hydroxyl groups is 2. The first-order valence-corrected chi connectivity index (χ1v) is 11.2. The number of carbonyl (C=O) groups is 1. The van der Waals surface area contributed by atoms with Crippen LogP contribution in [0, 0.1) is 18.8 Å². The zero-order valence-electron chi connectivity index (χ0n) is 19.1. The highest BCUT2D eigenvalue weighted by atomic mass is 16.5. The fourth-order valence-corrected chi connectivity index (χ4v) is 5.39. The summed E-state index contributed by atoms with van der Waals surface area (Å²) in [4.78, 5) is 17.0. The Labute approximate surface area is 188 Å². The van der Waals surface area contributed by atoms with Gasteiger partial charge < -0.3 is 25.4 Å². The van der Waals surface area contributed by atoms with Crippen LogP contribution in [0.5, 0.6) is 17.2 Å². The molecule has 1 fully saturated rings. The Bertz CT molecular complexity index is 1050. The molecule has 1 saturated carbocycles. The summed E-state index contributed by atoms with van der Waals surface area (Å²) >= 11 is 0. The van der Waals surface area contributed by atoms with Crippen LogP contribution in [-0.4, -0.2) is 31.8 Å². The van der Waals surface area contributed by atoms with Gasteiger partial charge in [0.1, 0.15) is 22.8 Å². The molecule has 1 aliphatic heterocycles. The molecule has 4 N–H and O–H groups in total. The molecule has 2 aliphatic rings. The van der Waals surface area contributed by atoms with Crippen molar-refractivity contribution in [3.63, 3.8) is 0 Å². The van der Waals surface area contributed by atoms with Crippen LogP contribution in [0.3, 0.4) is 0 Å². The monoisotopic (exact) mass is 440 g/mol. The van der Waals surface area contributed by atoms with E-state index >= 15 is 0 Å². The molecule has 3 atom stereocenters. The maximum absolute atomic E-state index is 13.0. The summed E-state index contributed by atoms with van der Waals surface area (Å²) in [6.07, 6.45) is 4.59. The Morgan fingerprint density at radius 2 is 2.00 bits per heavy atom. The summed E-state index contributed by atoms with van der Waals surface area (Å²) in [7, 11) is 0. The number of fused-ring (bicyclic) bond motifs is 3. The number of pyridine rings is 1. The molecule has 0 unspecified atom stereocenters. The Balaban J connectivity index is 1.64. The number of phenols is 1. The first-order valence-electron chi connectivity index (χ1n) is 11.2. The third-order valence-electron chi connectivity index (χ3n) is 7.20. The lowest BCUT2D eigenvalue weighted by atomic mass is 9.64. The lowest BCUT2D eigenvalue weighted by Crippen LogP contribution is -2.46. The third-order valence-corrected chi connectivity index (χ3v) is 7.20. The van der Waals surface area contributed by atoms with Crippen LogP contribution in [0.4, 0.5) is 0 Å². The molecule has 0 bridgehead atoms. The van der Waals surface area contributed by atoms with Crippen molar-refractivity contribution in [1.82, 2.24) is 10.3 Å². The molecule has 1 amide bonds. The number of amides is 1. The predicted octanol–water partition coefficient (Wildman–Crippen LogP) is 3.91. The van der Waals surface area contributed by atoms with E-state index in [9.17, 15) is 20.1 Å². The zero-order chi connectivity index (χ0) is 23.2. The summed E-state index contributed by atoms with van der Waals surface area (Å²) in [6.45, 7) is 7.79. The highest BCUT2D eigenvalue weighted by Crippen LogP contribution is 2.55. The number of hydrogen-bond donors (Lipinski definition) is 4. The van der Waals surface area contributed by atoms with E-state index in [2.05, 4.69) is 31.1 Å². The first kappa shape index (κ1) is 22.4. The number of nitrogens with one attached hydrogen (secondary N) is 1. The van der Waals surface area contributed by atoms with Crippen molar-refractivity contribution in [2.24, 2.45) is 11.8 Å². The number of ether oxygens (including phenoxy) is 1. The summed E-state index contributed by atoms with van der Waals surface area (Å²) in [6, 6.07) is 3.35. The van der Waals surface area contributed by atoms with E-state index in [-0.39, 0.29) is 47.7 Å². The van der Waals surface area contributed by atoms with Crippen molar-refractivity contribution in [1.29, 1.82) is 0 Å². The van der Waals surface area contributed by atoms with E-state index in [1.54, 1.807) is 19.1 Å². The Morgan fingerprint density at radius 3 is 2.72 bits per heavy atom. The van der Waals surface area contributed by atoms with Gasteiger partial charge in [-0.3, -0.25) is 9.78 Å². The highest BCUT2D eigenvalue weighted by molar-refractivity contribution is 5.97. The van der Waals surface area contributed by atoms with E-state index < -0.39 is 5.91 Å².